The molecule has 0 N–H and O–H groups in total. The van der Waals surface area contributed by atoms with Gasteiger partial charge in [0.05, 0.1) is 0 Å². The minimum Gasteiger partial charge on any atom is -0.294 e. The van der Waals surface area contributed by atoms with Crippen LogP contribution in [0.15, 0.2) is 18.2 Å². The van der Waals surface area contributed by atoms with Crippen molar-refractivity contribution in [3.63, 3.8) is 0 Å². The molecule has 0 spiro atoms. The molecule has 1 heterocycles. The minimum absolute atomic E-state index is 0.315. The van der Waals surface area contributed by atoms with Crippen molar-refractivity contribution in [2.24, 2.45) is 0 Å². The molecule has 0 fully saturated rings. The van der Waals surface area contributed by atoms with Crippen molar-refractivity contribution in [2.75, 3.05) is 0 Å². The fraction of sp³-hybridized carbons (Fsp3) is 0.500. The molecule has 1 aliphatic heterocycles. The van der Waals surface area contributed by atoms with Gasteiger partial charge in [0.2, 0.25) is 0 Å². The number of hydrogen-bond acceptors (Lipinski definition) is 2. The Balaban J connectivity index is 2.41. The molecule has 0 bridgehead atoms. The average molecular weight is 234 g/mol. The van der Waals surface area contributed by atoms with E-state index in [1.54, 1.807) is 0 Å². The average Bonchev–Trinajstić information content (AvgIpc) is 2.38. The summed E-state index contributed by atoms with van der Waals surface area (Å²) in [6.45, 7) is 6.47. The van der Waals surface area contributed by atoms with Crippen LogP contribution in [-0.4, -0.2) is 11.0 Å². The van der Waals surface area contributed by atoms with Crippen LogP contribution in [0.25, 0.3) is 0 Å². The summed E-state index contributed by atoms with van der Waals surface area (Å²) in [5, 5.41) is 0.447. The Morgan fingerprint density at radius 2 is 2.12 bits per heavy atom. The molecule has 2 rings (SSSR count). The fourth-order valence-corrected chi connectivity index (χ4v) is 2.99. The van der Waals surface area contributed by atoms with Crippen molar-refractivity contribution in [3.8, 4) is 0 Å². The lowest BCUT2D eigenvalue weighted by atomic mass is 9.94. The Kier molecular flexibility index (Phi) is 3.38. The highest BCUT2D eigenvalue weighted by atomic mass is 32.2. The standard InChI is InChI=1S/C14H18OS/c1-9(2)11-4-5-12-8-16-10(3)6-14(15)13(12)7-11/h4-5,7,9-10H,6,8H2,1-3H3. The van der Waals surface area contributed by atoms with Gasteiger partial charge >= 0.3 is 0 Å². The van der Waals surface area contributed by atoms with Crippen LogP contribution in [0.2, 0.25) is 0 Å². The van der Waals surface area contributed by atoms with Gasteiger partial charge < -0.3 is 0 Å². The third-order valence-electron chi connectivity index (χ3n) is 3.10. The summed E-state index contributed by atoms with van der Waals surface area (Å²) >= 11 is 1.88. The van der Waals surface area contributed by atoms with E-state index in [-0.39, 0.29) is 0 Å². The number of hydrogen-bond donors (Lipinski definition) is 0. The van der Waals surface area contributed by atoms with E-state index in [1.807, 2.05) is 11.8 Å². The molecule has 86 valence electrons. The Labute approximate surface area is 102 Å². The van der Waals surface area contributed by atoms with Crippen molar-refractivity contribution in [2.45, 2.75) is 44.1 Å². The van der Waals surface area contributed by atoms with E-state index in [2.05, 4.69) is 39.0 Å². The van der Waals surface area contributed by atoms with Gasteiger partial charge in [0.25, 0.3) is 0 Å². The first-order valence-corrected chi connectivity index (χ1v) is 6.90. The SMILES string of the molecule is CC1CC(=O)c2cc(C(C)C)ccc2CS1. The summed E-state index contributed by atoms with van der Waals surface area (Å²) in [4.78, 5) is 12.1. The highest BCUT2D eigenvalue weighted by Crippen LogP contribution is 2.30. The lowest BCUT2D eigenvalue weighted by Gasteiger charge is -2.10. The molecule has 1 aliphatic rings. The predicted molar refractivity (Wildman–Crippen MR) is 70.2 cm³/mol. The number of ketones is 1. The van der Waals surface area contributed by atoms with E-state index in [9.17, 15) is 4.79 Å². The maximum Gasteiger partial charge on any atom is 0.164 e. The molecular formula is C14H18OS. The van der Waals surface area contributed by atoms with Gasteiger partial charge in [-0.15, -0.1) is 0 Å². The Morgan fingerprint density at radius 1 is 1.38 bits per heavy atom. The summed E-state index contributed by atoms with van der Waals surface area (Å²) in [7, 11) is 0. The Morgan fingerprint density at radius 3 is 2.81 bits per heavy atom. The molecule has 1 unspecified atom stereocenters. The van der Waals surface area contributed by atoms with Gasteiger partial charge in [-0.25, -0.2) is 0 Å². The van der Waals surface area contributed by atoms with Gasteiger partial charge in [0.1, 0.15) is 0 Å². The number of benzene rings is 1. The zero-order chi connectivity index (χ0) is 11.7. The molecule has 0 radical (unpaired) electrons. The molecule has 2 heteroatoms. The van der Waals surface area contributed by atoms with Crippen LogP contribution in [0, 0.1) is 0 Å². The topological polar surface area (TPSA) is 17.1 Å². The van der Waals surface area contributed by atoms with Crippen molar-refractivity contribution < 1.29 is 4.79 Å². The highest BCUT2D eigenvalue weighted by molar-refractivity contribution is 7.99. The molecule has 0 amide bonds. The van der Waals surface area contributed by atoms with Crippen LogP contribution in [0.3, 0.4) is 0 Å². The van der Waals surface area contributed by atoms with Crippen LogP contribution in [0.5, 0.6) is 0 Å². The summed E-state index contributed by atoms with van der Waals surface area (Å²) in [6, 6.07) is 6.39. The second-order valence-corrected chi connectivity index (χ2v) is 6.25. The summed E-state index contributed by atoms with van der Waals surface area (Å²) < 4.78 is 0. The molecule has 0 aromatic heterocycles. The first-order valence-electron chi connectivity index (χ1n) is 5.85. The van der Waals surface area contributed by atoms with Gasteiger partial charge in [0.15, 0.2) is 5.78 Å². The van der Waals surface area contributed by atoms with Gasteiger partial charge in [0, 0.05) is 23.0 Å². The molecule has 0 saturated carbocycles. The van der Waals surface area contributed by atoms with E-state index < -0.39 is 0 Å². The number of thioether (sulfide) groups is 1. The van der Waals surface area contributed by atoms with Crippen LogP contribution in [0.4, 0.5) is 0 Å². The highest BCUT2D eigenvalue weighted by Gasteiger charge is 2.20. The van der Waals surface area contributed by atoms with Crippen LogP contribution in [-0.2, 0) is 5.75 Å². The summed E-state index contributed by atoms with van der Waals surface area (Å²) in [6.07, 6.45) is 0.680. The van der Waals surface area contributed by atoms with Gasteiger partial charge in [-0.05, 0) is 23.1 Å². The minimum atomic E-state index is 0.315. The van der Waals surface area contributed by atoms with E-state index in [0.29, 0.717) is 23.4 Å². The molecule has 1 aromatic carbocycles. The van der Waals surface area contributed by atoms with Crippen LogP contribution < -0.4 is 0 Å². The zero-order valence-corrected chi connectivity index (χ0v) is 10.9. The molecular weight excluding hydrogens is 216 g/mol. The predicted octanol–water partition coefficient (Wildman–Crippen LogP) is 4.02. The van der Waals surface area contributed by atoms with Crippen molar-refractivity contribution >= 4 is 17.5 Å². The lowest BCUT2D eigenvalue weighted by molar-refractivity contribution is 0.0983. The number of fused-ring (bicyclic) bond motifs is 1. The smallest absolute Gasteiger partial charge is 0.164 e. The third kappa shape index (κ3) is 2.32. The maximum atomic E-state index is 12.1. The summed E-state index contributed by atoms with van der Waals surface area (Å²) in [5.41, 5.74) is 3.44. The zero-order valence-electron chi connectivity index (χ0n) is 10.1. The molecule has 1 aromatic rings. The Hall–Kier alpha value is -0.760. The molecule has 0 saturated heterocycles. The van der Waals surface area contributed by atoms with E-state index >= 15 is 0 Å². The van der Waals surface area contributed by atoms with Crippen molar-refractivity contribution in [1.82, 2.24) is 0 Å². The maximum absolute atomic E-state index is 12.1. The second kappa shape index (κ2) is 4.62. The Bertz CT molecular complexity index is 409. The first kappa shape index (κ1) is 11.7. The molecule has 0 aliphatic carbocycles. The first-order chi connectivity index (χ1) is 7.58. The van der Waals surface area contributed by atoms with Crippen LogP contribution in [0.1, 0.15) is 54.6 Å². The molecule has 16 heavy (non-hydrogen) atoms. The number of carbonyl (C=O) groups excluding carboxylic acids is 1. The number of Topliss-reactive ketones (excluding diaryl/α,β-unsaturated/α-hetero) is 1. The van der Waals surface area contributed by atoms with Gasteiger partial charge in [-0.1, -0.05) is 32.9 Å². The van der Waals surface area contributed by atoms with Gasteiger partial charge in [-0.2, -0.15) is 11.8 Å². The van der Waals surface area contributed by atoms with E-state index in [0.717, 1.165) is 11.3 Å². The largest absolute Gasteiger partial charge is 0.294 e. The normalized spacial score (nSPS) is 20.8. The van der Waals surface area contributed by atoms with E-state index in [4.69, 9.17) is 0 Å². The number of rotatable bonds is 1. The molecule has 1 nitrogen and oxygen atoms in total. The third-order valence-corrected chi connectivity index (χ3v) is 4.31. The van der Waals surface area contributed by atoms with Crippen molar-refractivity contribution in [1.29, 1.82) is 0 Å². The molecule has 1 atom stereocenters. The van der Waals surface area contributed by atoms with Crippen LogP contribution >= 0.6 is 11.8 Å². The summed E-state index contributed by atoms with van der Waals surface area (Å²) in [5.74, 6) is 1.78. The van der Waals surface area contributed by atoms with Gasteiger partial charge in [-0.3, -0.25) is 4.79 Å². The van der Waals surface area contributed by atoms with E-state index in [1.165, 1.54) is 11.1 Å². The lowest BCUT2D eigenvalue weighted by Crippen LogP contribution is -2.06. The quantitative estimate of drug-likeness (QED) is 0.730. The van der Waals surface area contributed by atoms with Crippen molar-refractivity contribution in [3.05, 3.63) is 34.9 Å². The fourth-order valence-electron chi connectivity index (χ4n) is 2.00. The second-order valence-electron chi connectivity index (χ2n) is 4.82. The monoisotopic (exact) mass is 234 g/mol. The number of carbonyl (C=O) groups is 1.